The summed E-state index contributed by atoms with van der Waals surface area (Å²) < 4.78 is 0. The molecule has 0 bridgehead atoms. The molecule has 0 saturated carbocycles. The normalized spacial score (nSPS) is 10.3. The second kappa shape index (κ2) is 4.70. The Morgan fingerprint density at radius 1 is 1.31 bits per heavy atom. The molecule has 0 aliphatic rings. The van der Waals surface area contributed by atoms with Gasteiger partial charge in [0.05, 0.1) is 29.5 Å². The summed E-state index contributed by atoms with van der Waals surface area (Å²) in [6, 6.07) is 7.67. The SMILES string of the molecule is CCC(=O)NCc1cnc2ccccc2n1. The minimum Gasteiger partial charge on any atom is -0.350 e. The number of carbonyl (C=O) groups excluding carboxylic acids is 1. The lowest BCUT2D eigenvalue weighted by molar-refractivity contribution is -0.120. The fourth-order valence-electron chi connectivity index (χ4n) is 1.39. The molecule has 0 unspecified atom stereocenters. The summed E-state index contributed by atoms with van der Waals surface area (Å²) in [5.74, 6) is 0.0231. The number of aromatic nitrogens is 2. The number of benzene rings is 1. The van der Waals surface area contributed by atoms with Gasteiger partial charge >= 0.3 is 0 Å². The molecule has 0 aliphatic carbocycles. The van der Waals surface area contributed by atoms with Crippen LogP contribution in [0.2, 0.25) is 0 Å². The Bertz CT molecular complexity index is 510. The first-order valence-corrected chi connectivity index (χ1v) is 5.27. The van der Waals surface area contributed by atoms with E-state index in [1.807, 2.05) is 31.2 Å². The first kappa shape index (κ1) is 10.5. The van der Waals surface area contributed by atoms with E-state index in [2.05, 4.69) is 15.3 Å². The summed E-state index contributed by atoms with van der Waals surface area (Å²) in [5, 5.41) is 2.77. The van der Waals surface area contributed by atoms with Crippen LogP contribution < -0.4 is 5.32 Å². The van der Waals surface area contributed by atoms with Gasteiger partial charge < -0.3 is 5.32 Å². The second-order valence-electron chi connectivity index (χ2n) is 3.48. The van der Waals surface area contributed by atoms with Crippen LogP contribution in [0.4, 0.5) is 0 Å². The number of hydrogen-bond acceptors (Lipinski definition) is 3. The second-order valence-corrected chi connectivity index (χ2v) is 3.48. The number of amides is 1. The van der Waals surface area contributed by atoms with Crippen molar-refractivity contribution in [2.45, 2.75) is 19.9 Å². The van der Waals surface area contributed by atoms with Gasteiger partial charge in [-0.2, -0.15) is 0 Å². The predicted octanol–water partition coefficient (Wildman–Crippen LogP) is 1.66. The number of carbonyl (C=O) groups is 1. The summed E-state index contributed by atoms with van der Waals surface area (Å²) in [6.45, 7) is 2.26. The molecule has 2 rings (SSSR count). The molecule has 0 spiro atoms. The summed E-state index contributed by atoms with van der Waals surface area (Å²) >= 11 is 0. The van der Waals surface area contributed by atoms with Gasteiger partial charge in [0.25, 0.3) is 0 Å². The highest BCUT2D eigenvalue weighted by Crippen LogP contribution is 2.08. The van der Waals surface area contributed by atoms with Crippen molar-refractivity contribution in [2.24, 2.45) is 0 Å². The van der Waals surface area contributed by atoms with E-state index in [4.69, 9.17) is 0 Å². The Morgan fingerprint density at radius 2 is 2.06 bits per heavy atom. The number of nitrogens with one attached hydrogen (secondary N) is 1. The van der Waals surface area contributed by atoms with E-state index in [-0.39, 0.29) is 5.91 Å². The van der Waals surface area contributed by atoms with Crippen LogP contribution in [0.1, 0.15) is 19.0 Å². The largest absolute Gasteiger partial charge is 0.350 e. The highest BCUT2D eigenvalue weighted by atomic mass is 16.1. The van der Waals surface area contributed by atoms with Crippen molar-refractivity contribution in [3.63, 3.8) is 0 Å². The molecule has 82 valence electrons. The topological polar surface area (TPSA) is 54.9 Å². The highest BCUT2D eigenvalue weighted by molar-refractivity contribution is 5.76. The van der Waals surface area contributed by atoms with Crippen LogP contribution in [0.15, 0.2) is 30.5 Å². The molecule has 0 saturated heterocycles. The summed E-state index contributed by atoms with van der Waals surface area (Å²) in [6.07, 6.45) is 2.18. The third-order valence-corrected chi connectivity index (χ3v) is 2.29. The highest BCUT2D eigenvalue weighted by Gasteiger charge is 2.01. The van der Waals surface area contributed by atoms with Crippen molar-refractivity contribution < 1.29 is 4.79 Å². The molecular formula is C12H13N3O. The van der Waals surface area contributed by atoms with Crippen molar-refractivity contribution in [3.8, 4) is 0 Å². The summed E-state index contributed by atoms with van der Waals surface area (Å²) in [7, 11) is 0. The Kier molecular flexibility index (Phi) is 3.10. The zero-order valence-corrected chi connectivity index (χ0v) is 9.10. The molecule has 0 radical (unpaired) electrons. The molecule has 0 atom stereocenters. The Morgan fingerprint density at radius 3 is 2.81 bits per heavy atom. The lowest BCUT2D eigenvalue weighted by atomic mass is 10.3. The van der Waals surface area contributed by atoms with E-state index >= 15 is 0 Å². The quantitative estimate of drug-likeness (QED) is 0.847. The number of fused-ring (bicyclic) bond motifs is 1. The molecular weight excluding hydrogens is 202 g/mol. The van der Waals surface area contributed by atoms with Crippen molar-refractivity contribution >= 4 is 16.9 Å². The smallest absolute Gasteiger partial charge is 0.220 e. The minimum atomic E-state index is 0.0231. The lowest BCUT2D eigenvalue weighted by Gasteiger charge is -2.03. The van der Waals surface area contributed by atoms with E-state index in [1.165, 1.54) is 0 Å². The molecule has 4 nitrogen and oxygen atoms in total. The summed E-state index contributed by atoms with van der Waals surface area (Å²) in [4.78, 5) is 19.8. The van der Waals surface area contributed by atoms with Crippen molar-refractivity contribution in [3.05, 3.63) is 36.2 Å². The van der Waals surface area contributed by atoms with Gasteiger partial charge in [-0.25, -0.2) is 4.98 Å². The van der Waals surface area contributed by atoms with Crippen molar-refractivity contribution in [1.29, 1.82) is 0 Å². The average molecular weight is 215 g/mol. The molecule has 1 aromatic carbocycles. The van der Waals surface area contributed by atoms with Gasteiger partial charge in [0.15, 0.2) is 0 Å². The fourth-order valence-corrected chi connectivity index (χ4v) is 1.39. The third kappa shape index (κ3) is 2.34. The van der Waals surface area contributed by atoms with Crippen LogP contribution in [0.3, 0.4) is 0 Å². The number of para-hydroxylation sites is 2. The van der Waals surface area contributed by atoms with Crippen LogP contribution in [0.25, 0.3) is 11.0 Å². The van der Waals surface area contributed by atoms with Gasteiger partial charge in [-0.15, -0.1) is 0 Å². The first-order chi connectivity index (χ1) is 7.79. The van der Waals surface area contributed by atoms with E-state index in [0.717, 1.165) is 16.7 Å². The Labute approximate surface area is 93.7 Å². The zero-order chi connectivity index (χ0) is 11.4. The lowest BCUT2D eigenvalue weighted by Crippen LogP contribution is -2.22. The minimum absolute atomic E-state index is 0.0231. The van der Waals surface area contributed by atoms with Gasteiger partial charge in [-0.05, 0) is 12.1 Å². The van der Waals surface area contributed by atoms with E-state index in [9.17, 15) is 4.79 Å². The van der Waals surface area contributed by atoms with E-state index in [1.54, 1.807) is 6.20 Å². The molecule has 0 fully saturated rings. The molecule has 1 aromatic heterocycles. The molecule has 0 aliphatic heterocycles. The molecule has 1 N–H and O–H groups in total. The van der Waals surface area contributed by atoms with E-state index < -0.39 is 0 Å². The molecule has 16 heavy (non-hydrogen) atoms. The average Bonchev–Trinajstić information content (AvgIpc) is 2.35. The van der Waals surface area contributed by atoms with Crippen LogP contribution in [0.5, 0.6) is 0 Å². The number of rotatable bonds is 3. The third-order valence-electron chi connectivity index (χ3n) is 2.29. The van der Waals surface area contributed by atoms with E-state index in [0.29, 0.717) is 13.0 Å². The van der Waals surface area contributed by atoms with Crippen molar-refractivity contribution in [2.75, 3.05) is 0 Å². The zero-order valence-electron chi connectivity index (χ0n) is 9.10. The van der Waals surface area contributed by atoms with Gasteiger partial charge in [0, 0.05) is 6.42 Å². The Balaban J connectivity index is 2.16. The van der Waals surface area contributed by atoms with Gasteiger partial charge in [-0.3, -0.25) is 9.78 Å². The van der Waals surface area contributed by atoms with Crippen molar-refractivity contribution in [1.82, 2.24) is 15.3 Å². The van der Waals surface area contributed by atoms with Crippen LogP contribution in [0, 0.1) is 0 Å². The monoisotopic (exact) mass is 215 g/mol. The van der Waals surface area contributed by atoms with Gasteiger partial charge in [0.1, 0.15) is 0 Å². The first-order valence-electron chi connectivity index (χ1n) is 5.27. The maximum absolute atomic E-state index is 11.1. The Hall–Kier alpha value is -1.97. The van der Waals surface area contributed by atoms with Gasteiger partial charge in [-0.1, -0.05) is 19.1 Å². The molecule has 1 heterocycles. The number of nitrogens with zero attached hydrogens (tertiary/aromatic N) is 2. The van der Waals surface area contributed by atoms with Gasteiger partial charge in [0.2, 0.25) is 5.91 Å². The summed E-state index contributed by atoms with van der Waals surface area (Å²) in [5.41, 5.74) is 2.50. The predicted molar refractivity (Wildman–Crippen MR) is 61.7 cm³/mol. The molecule has 2 aromatic rings. The molecule has 4 heteroatoms. The standard InChI is InChI=1S/C12H13N3O/c1-2-12(16)14-8-9-7-13-10-5-3-4-6-11(10)15-9/h3-7H,2,8H2,1H3,(H,14,16). The maximum Gasteiger partial charge on any atom is 0.220 e. The molecule has 1 amide bonds. The van der Waals surface area contributed by atoms with Crippen LogP contribution in [-0.2, 0) is 11.3 Å². The maximum atomic E-state index is 11.1. The van der Waals surface area contributed by atoms with Crippen LogP contribution in [-0.4, -0.2) is 15.9 Å². The number of hydrogen-bond donors (Lipinski definition) is 1. The fraction of sp³-hybridized carbons (Fsp3) is 0.250. The van der Waals surface area contributed by atoms with Crippen LogP contribution >= 0.6 is 0 Å².